The van der Waals surface area contributed by atoms with Gasteiger partial charge in [0, 0.05) is 23.6 Å². The van der Waals surface area contributed by atoms with Crippen LogP contribution in [0, 0.1) is 6.92 Å². The molecule has 7 nitrogen and oxygen atoms in total. The van der Waals surface area contributed by atoms with Crippen LogP contribution in [0.4, 0.5) is 0 Å². The Balaban J connectivity index is 0.000000409. The average molecular weight is 384 g/mol. The number of likely N-dealkylation sites (N-methyl/N-ethyl adjacent to an activating group) is 1. The third kappa shape index (κ3) is 6.14. The lowest BCUT2D eigenvalue weighted by molar-refractivity contribution is -0.159. The first-order chi connectivity index (χ1) is 13.3. The van der Waals surface area contributed by atoms with Crippen LogP contribution in [-0.2, 0) is 16.0 Å². The minimum absolute atomic E-state index is 0.871. The van der Waals surface area contributed by atoms with Crippen molar-refractivity contribution in [1.82, 2.24) is 9.88 Å². The van der Waals surface area contributed by atoms with Crippen molar-refractivity contribution in [1.29, 1.82) is 0 Å². The Kier molecular flexibility index (Phi) is 7.17. The van der Waals surface area contributed by atoms with Crippen molar-refractivity contribution < 1.29 is 24.5 Å². The van der Waals surface area contributed by atoms with Gasteiger partial charge in [0.2, 0.25) is 0 Å². The molecule has 0 bridgehead atoms. The van der Waals surface area contributed by atoms with Crippen LogP contribution in [0.5, 0.6) is 11.5 Å². The Morgan fingerprint density at radius 2 is 1.61 bits per heavy atom. The van der Waals surface area contributed by atoms with Gasteiger partial charge in [-0.2, -0.15) is 0 Å². The second-order valence-electron chi connectivity index (χ2n) is 6.60. The highest BCUT2D eigenvalue weighted by Gasteiger charge is 2.07. The fourth-order valence-corrected chi connectivity index (χ4v) is 2.51. The van der Waals surface area contributed by atoms with E-state index in [9.17, 15) is 0 Å². The lowest BCUT2D eigenvalue weighted by Gasteiger charge is -2.09. The van der Waals surface area contributed by atoms with Crippen LogP contribution >= 0.6 is 0 Å². The van der Waals surface area contributed by atoms with Gasteiger partial charge < -0.3 is 24.8 Å². The summed E-state index contributed by atoms with van der Waals surface area (Å²) in [5, 5.41) is 16.0. The maximum atomic E-state index is 9.10. The van der Waals surface area contributed by atoms with Crippen LogP contribution in [0.15, 0.2) is 48.7 Å². The van der Waals surface area contributed by atoms with Crippen molar-refractivity contribution in [3.63, 3.8) is 0 Å². The van der Waals surface area contributed by atoms with Gasteiger partial charge in [-0.15, -0.1) is 0 Å². The van der Waals surface area contributed by atoms with Gasteiger partial charge in [-0.3, -0.25) is 0 Å². The molecule has 0 spiro atoms. The molecule has 0 fully saturated rings. The Hall–Kier alpha value is -3.32. The zero-order chi connectivity index (χ0) is 20.7. The Morgan fingerprint density at radius 1 is 1.00 bits per heavy atom. The quantitative estimate of drug-likeness (QED) is 0.582. The highest BCUT2D eigenvalue weighted by molar-refractivity contribution is 6.27. The van der Waals surface area contributed by atoms with E-state index < -0.39 is 11.9 Å². The third-order valence-electron chi connectivity index (χ3n) is 4.01. The van der Waals surface area contributed by atoms with E-state index in [0.717, 1.165) is 30.0 Å². The number of carboxylic acid groups (broad SMARTS) is 2. The van der Waals surface area contributed by atoms with Crippen LogP contribution < -0.4 is 4.74 Å². The van der Waals surface area contributed by atoms with Gasteiger partial charge in [0.25, 0.3) is 0 Å². The van der Waals surface area contributed by atoms with E-state index >= 15 is 0 Å². The summed E-state index contributed by atoms with van der Waals surface area (Å²) in [7, 11) is 4.20. The summed E-state index contributed by atoms with van der Waals surface area (Å²) < 4.78 is 5.97. The molecule has 3 aromatic rings. The Bertz CT molecular complexity index is 933. The molecule has 0 amide bonds. The van der Waals surface area contributed by atoms with Gasteiger partial charge in [0.15, 0.2) is 0 Å². The molecule has 3 rings (SSSR count). The van der Waals surface area contributed by atoms with Crippen LogP contribution in [0.25, 0.3) is 10.9 Å². The first-order valence-corrected chi connectivity index (χ1v) is 8.71. The molecule has 0 unspecified atom stereocenters. The highest BCUT2D eigenvalue weighted by Crippen LogP contribution is 2.27. The molecule has 1 aromatic heterocycles. The predicted molar refractivity (Wildman–Crippen MR) is 107 cm³/mol. The van der Waals surface area contributed by atoms with Gasteiger partial charge in [0.1, 0.15) is 11.5 Å². The van der Waals surface area contributed by atoms with Gasteiger partial charge in [-0.1, -0.05) is 17.7 Å². The number of aliphatic carboxylic acids is 2. The number of carbonyl (C=O) groups is 2. The highest BCUT2D eigenvalue weighted by atomic mass is 16.5. The molecule has 0 radical (unpaired) electrons. The number of aromatic amines is 1. The number of carboxylic acids is 2. The molecule has 0 aliphatic carbocycles. The second-order valence-corrected chi connectivity index (χ2v) is 6.60. The van der Waals surface area contributed by atoms with Crippen molar-refractivity contribution in [3.8, 4) is 11.5 Å². The number of hydrogen-bond acceptors (Lipinski definition) is 4. The van der Waals surface area contributed by atoms with E-state index in [-0.39, 0.29) is 0 Å². The van der Waals surface area contributed by atoms with E-state index in [1.54, 1.807) is 0 Å². The van der Waals surface area contributed by atoms with E-state index in [4.69, 9.17) is 24.5 Å². The number of hydrogen-bond donors (Lipinski definition) is 3. The molecule has 7 heteroatoms. The van der Waals surface area contributed by atoms with E-state index in [1.165, 1.54) is 16.5 Å². The van der Waals surface area contributed by atoms with Gasteiger partial charge >= 0.3 is 11.9 Å². The van der Waals surface area contributed by atoms with Crippen molar-refractivity contribution in [2.24, 2.45) is 0 Å². The van der Waals surface area contributed by atoms with E-state index in [0.29, 0.717) is 0 Å². The third-order valence-corrected chi connectivity index (χ3v) is 4.01. The molecule has 0 saturated heterocycles. The minimum atomic E-state index is -1.82. The molecule has 2 aromatic carbocycles. The summed E-state index contributed by atoms with van der Waals surface area (Å²) >= 11 is 0. The van der Waals surface area contributed by atoms with Gasteiger partial charge in [-0.25, -0.2) is 9.59 Å². The standard InChI is InChI=1S/C19H22N2O.C2H2O4/c1-14-4-6-16(7-5-14)22-17-8-9-19-18(12-17)15(13-20-19)10-11-21(2)3;3-1(4)2(5)6/h4-9,12-13,20H,10-11H2,1-3H3;(H,3,4)(H,5,6). The summed E-state index contributed by atoms with van der Waals surface area (Å²) in [6, 6.07) is 14.3. The largest absolute Gasteiger partial charge is 0.473 e. The number of fused-ring (bicyclic) bond motifs is 1. The molecule has 28 heavy (non-hydrogen) atoms. The molecule has 0 aliphatic rings. The molecular formula is C21H24N2O5. The number of aromatic nitrogens is 1. The van der Waals surface area contributed by atoms with Crippen LogP contribution in [0.2, 0.25) is 0 Å². The van der Waals surface area contributed by atoms with E-state index in [1.807, 2.05) is 18.2 Å². The van der Waals surface area contributed by atoms with Crippen molar-refractivity contribution in [2.75, 3.05) is 20.6 Å². The van der Waals surface area contributed by atoms with Crippen molar-refractivity contribution in [2.45, 2.75) is 13.3 Å². The molecule has 0 atom stereocenters. The normalized spacial score (nSPS) is 10.4. The number of H-pyrrole nitrogens is 1. The molecular weight excluding hydrogens is 360 g/mol. The SMILES string of the molecule is Cc1ccc(Oc2ccc3[nH]cc(CCN(C)C)c3c2)cc1.O=C(O)C(=O)O. The van der Waals surface area contributed by atoms with E-state index in [2.05, 4.69) is 61.4 Å². The summed E-state index contributed by atoms with van der Waals surface area (Å²) in [5.74, 6) is -1.90. The topological polar surface area (TPSA) is 103 Å². The maximum absolute atomic E-state index is 9.10. The summed E-state index contributed by atoms with van der Waals surface area (Å²) in [4.78, 5) is 23.7. The van der Waals surface area contributed by atoms with Crippen molar-refractivity contribution in [3.05, 3.63) is 59.8 Å². The Morgan fingerprint density at radius 3 is 2.18 bits per heavy atom. The number of nitrogens with one attached hydrogen (secondary N) is 1. The van der Waals surface area contributed by atoms with Gasteiger partial charge in [-0.05, 0) is 63.3 Å². The lowest BCUT2D eigenvalue weighted by atomic mass is 10.1. The number of nitrogens with zero attached hydrogens (tertiary/aromatic N) is 1. The zero-order valence-corrected chi connectivity index (χ0v) is 16.1. The maximum Gasteiger partial charge on any atom is 0.414 e. The lowest BCUT2D eigenvalue weighted by Crippen LogP contribution is -2.14. The summed E-state index contributed by atoms with van der Waals surface area (Å²) in [5.41, 5.74) is 3.72. The average Bonchev–Trinajstić information content (AvgIpc) is 3.04. The van der Waals surface area contributed by atoms with Crippen LogP contribution in [0.1, 0.15) is 11.1 Å². The second kappa shape index (κ2) is 9.57. The van der Waals surface area contributed by atoms with Crippen LogP contribution in [-0.4, -0.2) is 52.7 Å². The minimum Gasteiger partial charge on any atom is -0.473 e. The summed E-state index contributed by atoms with van der Waals surface area (Å²) in [6.45, 7) is 3.11. The molecule has 148 valence electrons. The number of aryl methyl sites for hydroxylation is 1. The molecule has 0 aliphatic heterocycles. The monoisotopic (exact) mass is 384 g/mol. The molecule has 0 saturated carbocycles. The molecule has 1 heterocycles. The predicted octanol–water partition coefficient (Wildman–Crippen LogP) is 3.53. The van der Waals surface area contributed by atoms with Crippen LogP contribution in [0.3, 0.4) is 0 Å². The van der Waals surface area contributed by atoms with Gasteiger partial charge in [0.05, 0.1) is 0 Å². The smallest absolute Gasteiger partial charge is 0.414 e. The fraction of sp³-hybridized carbons (Fsp3) is 0.238. The fourth-order valence-electron chi connectivity index (χ4n) is 2.51. The molecule has 3 N–H and O–H groups in total. The number of rotatable bonds is 5. The zero-order valence-electron chi connectivity index (χ0n) is 16.1. The summed E-state index contributed by atoms with van der Waals surface area (Å²) in [6.07, 6.45) is 3.13. The number of ether oxygens (including phenoxy) is 1. The first kappa shape index (κ1) is 21.0. The number of benzene rings is 2. The Labute approximate surface area is 163 Å². The van der Waals surface area contributed by atoms with Crippen molar-refractivity contribution >= 4 is 22.8 Å². The first-order valence-electron chi connectivity index (χ1n) is 8.71.